The van der Waals surface area contributed by atoms with Crippen LogP contribution in [-0.4, -0.2) is 132 Å². The summed E-state index contributed by atoms with van der Waals surface area (Å²) in [6, 6.07) is 21.2. The molecular weight excluding hydrogens is 865 g/mol. The van der Waals surface area contributed by atoms with Crippen LogP contribution in [0.3, 0.4) is 0 Å². The van der Waals surface area contributed by atoms with Crippen molar-refractivity contribution in [1.82, 2.24) is 30.2 Å². The number of aromatic hydroxyl groups is 1. The highest BCUT2D eigenvalue weighted by molar-refractivity contribution is 5.89. The van der Waals surface area contributed by atoms with E-state index in [0.717, 1.165) is 89.2 Å². The Morgan fingerprint density at radius 3 is 2.37 bits per heavy atom. The molecule has 4 aliphatic rings. The first kappa shape index (κ1) is 47.5. The molecule has 6 heterocycles. The number of amides is 2. The number of carbonyl (C=O) groups excluding carboxylic acids is 2. The number of phenols is 1. The molecule has 4 aromatic rings. The molecule has 4 saturated heterocycles. The minimum atomic E-state index is -0.538. The summed E-state index contributed by atoms with van der Waals surface area (Å²) >= 11 is 0. The number of nitrogens with one attached hydrogen (secondary N) is 1. The van der Waals surface area contributed by atoms with E-state index in [1.54, 1.807) is 47.5 Å². The number of ether oxygens (including phenoxy) is 2. The van der Waals surface area contributed by atoms with Gasteiger partial charge in [0.05, 0.1) is 42.5 Å². The second kappa shape index (κ2) is 22.2. The number of likely N-dealkylation sites (tertiary alicyclic amines) is 2. The third kappa shape index (κ3) is 11.9. The van der Waals surface area contributed by atoms with Gasteiger partial charge < -0.3 is 66.1 Å². The van der Waals surface area contributed by atoms with Gasteiger partial charge in [0.15, 0.2) is 5.82 Å². The van der Waals surface area contributed by atoms with Crippen LogP contribution in [-0.2, 0) is 20.7 Å². The van der Waals surface area contributed by atoms with E-state index in [0.29, 0.717) is 72.6 Å². The maximum Gasteiger partial charge on any atom is 0.243 e. The third-order valence-corrected chi connectivity index (χ3v) is 13.5. The van der Waals surface area contributed by atoms with Gasteiger partial charge in [0.1, 0.15) is 29.5 Å². The Labute approximate surface area is 397 Å². The SMILES string of the molecule is CC(NC(=O)C1CCCN1C(=O)Cc1cc(N2CCC(OCCN3CCC(Oc4cc(N5CCN(C(/C=C(\N)c6ccccc6O)=C(N)N)CC5)ccn4)CC3)CC2)no1)c1ccc(C#N)cc1. The lowest BCUT2D eigenvalue weighted by atomic mass is 10.1. The van der Waals surface area contributed by atoms with Crippen LogP contribution in [0.5, 0.6) is 11.6 Å². The van der Waals surface area contributed by atoms with Crippen LogP contribution in [0.1, 0.15) is 73.9 Å². The van der Waals surface area contributed by atoms with Gasteiger partial charge in [-0.3, -0.25) is 9.59 Å². The van der Waals surface area contributed by atoms with Crippen LogP contribution in [0.4, 0.5) is 11.5 Å². The van der Waals surface area contributed by atoms with Gasteiger partial charge in [0.25, 0.3) is 0 Å². The van der Waals surface area contributed by atoms with Crippen LogP contribution in [0, 0.1) is 11.3 Å². The van der Waals surface area contributed by atoms with E-state index in [1.165, 1.54) is 0 Å². The molecule has 360 valence electrons. The van der Waals surface area contributed by atoms with Crippen molar-refractivity contribution in [2.45, 2.75) is 76.2 Å². The van der Waals surface area contributed by atoms with Crippen molar-refractivity contribution in [3.8, 4) is 17.7 Å². The van der Waals surface area contributed by atoms with E-state index in [2.05, 4.69) is 41.1 Å². The number of piperazine rings is 1. The molecule has 8 rings (SSSR count). The van der Waals surface area contributed by atoms with Crippen molar-refractivity contribution in [3.05, 3.63) is 113 Å². The van der Waals surface area contributed by atoms with Crippen LogP contribution >= 0.6 is 0 Å². The third-order valence-electron chi connectivity index (χ3n) is 13.5. The van der Waals surface area contributed by atoms with Crippen LogP contribution in [0.15, 0.2) is 95.0 Å². The molecule has 4 aliphatic heterocycles. The molecule has 2 atom stereocenters. The number of carbonyl (C=O) groups is 2. The summed E-state index contributed by atoms with van der Waals surface area (Å²) in [5.41, 5.74) is 22.6. The maximum atomic E-state index is 13.4. The minimum Gasteiger partial charge on any atom is -0.507 e. The maximum absolute atomic E-state index is 13.4. The zero-order chi connectivity index (χ0) is 47.6. The first-order valence-electron chi connectivity index (χ1n) is 23.8. The molecular formula is C50H64N12O6. The average Bonchev–Trinajstić information content (AvgIpc) is 4.05. The number of phenolic OH excluding ortho intramolecular Hbond substituents is 1. The molecule has 18 heteroatoms. The molecule has 2 aromatic heterocycles. The monoisotopic (exact) mass is 929 g/mol. The van der Waals surface area contributed by atoms with Crippen LogP contribution < -0.4 is 37.1 Å². The van der Waals surface area contributed by atoms with Gasteiger partial charge in [0.2, 0.25) is 17.7 Å². The molecule has 18 nitrogen and oxygen atoms in total. The molecule has 0 spiro atoms. The molecule has 2 unspecified atom stereocenters. The Balaban J connectivity index is 0.711. The normalized spacial score (nSPS) is 19.1. The van der Waals surface area contributed by atoms with E-state index in [4.69, 9.17) is 36.5 Å². The number of piperidine rings is 2. The highest BCUT2D eigenvalue weighted by atomic mass is 16.5. The van der Waals surface area contributed by atoms with Crippen molar-refractivity contribution in [1.29, 1.82) is 5.26 Å². The van der Waals surface area contributed by atoms with Gasteiger partial charge in [-0.25, -0.2) is 4.98 Å². The Morgan fingerprint density at radius 1 is 0.912 bits per heavy atom. The number of pyridine rings is 1. The second-order valence-corrected chi connectivity index (χ2v) is 18.0. The molecule has 0 aliphatic carbocycles. The molecule has 0 bridgehead atoms. The molecule has 68 heavy (non-hydrogen) atoms. The van der Waals surface area contributed by atoms with Gasteiger partial charge in [-0.15, -0.1) is 0 Å². The summed E-state index contributed by atoms with van der Waals surface area (Å²) in [7, 11) is 0. The first-order valence-corrected chi connectivity index (χ1v) is 23.8. The lowest BCUT2D eigenvalue weighted by Gasteiger charge is -2.38. The van der Waals surface area contributed by atoms with Gasteiger partial charge in [-0.2, -0.15) is 5.26 Å². The highest BCUT2D eigenvalue weighted by Gasteiger charge is 2.35. The van der Waals surface area contributed by atoms with Gasteiger partial charge >= 0.3 is 0 Å². The zero-order valence-electron chi connectivity index (χ0n) is 38.8. The quantitative estimate of drug-likeness (QED) is 0.100. The van der Waals surface area contributed by atoms with E-state index < -0.39 is 6.04 Å². The fraction of sp³-hybridized carbons (Fsp3) is 0.460. The summed E-state index contributed by atoms with van der Waals surface area (Å²) < 4.78 is 18.4. The molecule has 8 N–H and O–H groups in total. The summed E-state index contributed by atoms with van der Waals surface area (Å²) in [6.45, 7) is 10.2. The number of rotatable bonds is 16. The topological polar surface area (TPSA) is 242 Å². The Kier molecular flexibility index (Phi) is 15.5. The number of allylic oxidation sites excluding steroid dienone is 1. The second-order valence-electron chi connectivity index (χ2n) is 18.0. The van der Waals surface area contributed by atoms with E-state index in [9.17, 15) is 14.7 Å². The summed E-state index contributed by atoms with van der Waals surface area (Å²) in [6.07, 6.45) is 8.76. The zero-order valence-corrected chi connectivity index (χ0v) is 38.8. The standard InChI is InChI=1S/C50H64N12O6/c1-34(36-10-8-35(33-51)9-11-36)56-50(65)43-6-4-18-62(43)48(64)31-40-30-46(57-68-40)61-21-15-38(16-22-61)66-28-27-58-19-13-39(14-20-58)67-47-29-37(12-17-55-47)59-23-25-60(26-24-59)44(49(53)54)32-42(52)41-5-2-3-7-45(41)63/h2-3,5,7-12,17,29-30,32,34,38-39,43,63H,4,6,13-16,18-28,31,52-54H2,1H3,(H,56,65)/b42-32-. The fourth-order valence-electron chi connectivity index (χ4n) is 9.55. The van der Waals surface area contributed by atoms with Crippen LogP contribution in [0.2, 0.25) is 0 Å². The number of hydrogen-bond donors (Lipinski definition) is 5. The van der Waals surface area contributed by atoms with Crippen molar-refractivity contribution in [3.63, 3.8) is 0 Å². The number of anilines is 2. The lowest BCUT2D eigenvalue weighted by molar-refractivity contribution is -0.138. The highest BCUT2D eigenvalue weighted by Crippen LogP contribution is 2.28. The van der Waals surface area contributed by atoms with Crippen molar-refractivity contribution in [2.75, 3.05) is 81.9 Å². The summed E-state index contributed by atoms with van der Waals surface area (Å²) in [5, 5.41) is 26.7. The molecule has 2 amide bonds. The van der Waals surface area contributed by atoms with Crippen LogP contribution in [0.25, 0.3) is 5.70 Å². The van der Waals surface area contributed by atoms with Gasteiger partial charge in [-0.1, -0.05) is 29.4 Å². The van der Waals surface area contributed by atoms with Crippen molar-refractivity contribution in [2.24, 2.45) is 17.2 Å². The Bertz CT molecular complexity index is 2440. The van der Waals surface area contributed by atoms with E-state index in [-0.39, 0.29) is 48.1 Å². The van der Waals surface area contributed by atoms with Crippen molar-refractivity contribution < 1.29 is 28.7 Å². The summed E-state index contributed by atoms with van der Waals surface area (Å²) in [5.74, 6) is 1.76. The average molecular weight is 929 g/mol. The number of hydrogen-bond acceptors (Lipinski definition) is 16. The number of para-hydroxylation sites is 1. The first-order chi connectivity index (χ1) is 33.0. The minimum absolute atomic E-state index is 0.0417. The molecule has 0 radical (unpaired) electrons. The van der Waals surface area contributed by atoms with Crippen molar-refractivity contribution >= 4 is 29.0 Å². The van der Waals surface area contributed by atoms with E-state index >= 15 is 0 Å². The lowest BCUT2D eigenvalue weighted by Crippen LogP contribution is -2.47. The molecule has 2 aromatic carbocycles. The Morgan fingerprint density at radius 2 is 1.65 bits per heavy atom. The fourth-order valence-corrected chi connectivity index (χ4v) is 9.55. The predicted molar refractivity (Wildman–Crippen MR) is 258 cm³/mol. The molecule has 4 fully saturated rings. The largest absolute Gasteiger partial charge is 0.507 e. The molecule has 0 saturated carbocycles. The van der Waals surface area contributed by atoms with E-state index in [1.807, 2.05) is 43.3 Å². The number of benzene rings is 2. The predicted octanol–water partition coefficient (Wildman–Crippen LogP) is 3.79. The van der Waals surface area contributed by atoms with Gasteiger partial charge in [-0.05, 0) is 87.4 Å². The smallest absolute Gasteiger partial charge is 0.243 e. The number of nitrogens with two attached hydrogens (primary N) is 3. The number of nitriles is 1. The summed E-state index contributed by atoms with van der Waals surface area (Å²) in [4.78, 5) is 41.9. The van der Waals surface area contributed by atoms with Gasteiger partial charge in [0, 0.05) is 101 Å². The number of aromatic nitrogens is 2. The Hall–Kier alpha value is -6.97. The number of nitrogens with zero attached hydrogens (tertiary/aromatic N) is 8.